The molecule has 0 heterocycles. The second-order valence-corrected chi connectivity index (χ2v) is 6.99. The Morgan fingerprint density at radius 2 is 1.95 bits per heavy atom. The molecule has 2 aliphatic carbocycles. The van der Waals surface area contributed by atoms with Crippen LogP contribution in [0.1, 0.15) is 44.1 Å². The van der Waals surface area contributed by atoms with Gasteiger partial charge in [0.1, 0.15) is 0 Å². The Labute approximate surface area is 143 Å². The van der Waals surface area contributed by atoms with Gasteiger partial charge < -0.3 is 11.1 Å². The number of benzene rings is 1. The molecular formula is C17H24Cl2N2O. The molecule has 2 aliphatic rings. The van der Waals surface area contributed by atoms with E-state index in [0.29, 0.717) is 18.5 Å². The van der Waals surface area contributed by atoms with Crippen LogP contribution in [0.25, 0.3) is 0 Å². The highest BCUT2D eigenvalue weighted by atomic mass is 35.5. The lowest BCUT2D eigenvalue weighted by Crippen LogP contribution is -2.45. The smallest absolute Gasteiger partial charge is 0.223 e. The topological polar surface area (TPSA) is 55.1 Å². The van der Waals surface area contributed by atoms with Gasteiger partial charge in [-0.15, -0.1) is 12.4 Å². The fraction of sp³-hybridized carbons (Fsp3) is 0.588. The summed E-state index contributed by atoms with van der Waals surface area (Å²) < 4.78 is 0. The van der Waals surface area contributed by atoms with Gasteiger partial charge in [-0.2, -0.15) is 0 Å². The highest BCUT2D eigenvalue weighted by Gasteiger charge is 2.37. The van der Waals surface area contributed by atoms with Gasteiger partial charge in [0.25, 0.3) is 0 Å². The molecule has 3 N–H and O–H groups in total. The van der Waals surface area contributed by atoms with Crippen LogP contribution in [-0.2, 0) is 10.2 Å². The Kier molecular flexibility index (Phi) is 5.76. The van der Waals surface area contributed by atoms with Crippen molar-refractivity contribution in [2.45, 2.75) is 50.0 Å². The normalized spacial score (nSPS) is 27.8. The quantitative estimate of drug-likeness (QED) is 0.880. The minimum absolute atomic E-state index is 0. The largest absolute Gasteiger partial charge is 0.353 e. The molecule has 0 atom stereocenters. The number of carbonyl (C=O) groups excluding carboxylic acids is 1. The number of hydrogen-bond donors (Lipinski definition) is 2. The first-order chi connectivity index (χ1) is 10.1. The number of halogens is 2. The molecule has 1 amide bonds. The zero-order chi connectivity index (χ0) is 14.9. The van der Waals surface area contributed by atoms with E-state index < -0.39 is 0 Å². The Morgan fingerprint density at radius 1 is 1.27 bits per heavy atom. The van der Waals surface area contributed by atoms with E-state index in [1.807, 2.05) is 18.2 Å². The van der Waals surface area contributed by atoms with Gasteiger partial charge in [-0.3, -0.25) is 4.79 Å². The molecule has 22 heavy (non-hydrogen) atoms. The third kappa shape index (κ3) is 3.76. The van der Waals surface area contributed by atoms with E-state index >= 15 is 0 Å². The standard InChI is InChI=1S/C17H23ClN2O.ClH/c18-14-3-1-2-13(10-14)17(11-19)8-6-15(7-9-17)20-16(21)12-4-5-12;/h1-3,10,12,15H,4-9,11,19H2,(H,20,21);1H. The fourth-order valence-electron chi connectivity index (χ4n) is 3.41. The molecule has 1 aromatic carbocycles. The van der Waals surface area contributed by atoms with Crippen molar-refractivity contribution >= 4 is 29.9 Å². The maximum atomic E-state index is 11.9. The molecule has 0 radical (unpaired) electrons. The van der Waals surface area contributed by atoms with E-state index in [2.05, 4.69) is 11.4 Å². The molecule has 0 spiro atoms. The zero-order valence-electron chi connectivity index (χ0n) is 12.7. The minimum Gasteiger partial charge on any atom is -0.353 e. The molecule has 5 heteroatoms. The molecule has 0 bridgehead atoms. The van der Waals surface area contributed by atoms with E-state index in [1.54, 1.807) is 0 Å². The lowest BCUT2D eigenvalue weighted by Gasteiger charge is -2.40. The lowest BCUT2D eigenvalue weighted by atomic mass is 9.68. The summed E-state index contributed by atoms with van der Waals surface area (Å²) in [5.74, 6) is 0.544. The molecular weight excluding hydrogens is 319 g/mol. The van der Waals surface area contributed by atoms with Crippen molar-refractivity contribution < 1.29 is 4.79 Å². The summed E-state index contributed by atoms with van der Waals surface area (Å²) in [6, 6.07) is 8.38. The van der Waals surface area contributed by atoms with E-state index in [1.165, 1.54) is 5.56 Å². The van der Waals surface area contributed by atoms with Crippen molar-refractivity contribution in [1.82, 2.24) is 5.32 Å². The second kappa shape index (κ2) is 7.20. The minimum atomic E-state index is 0. The van der Waals surface area contributed by atoms with Crippen LogP contribution in [0.5, 0.6) is 0 Å². The molecule has 0 aromatic heterocycles. The number of hydrogen-bond acceptors (Lipinski definition) is 2. The van der Waals surface area contributed by atoms with Crippen LogP contribution >= 0.6 is 24.0 Å². The third-order valence-corrected chi connectivity index (χ3v) is 5.30. The number of amides is 1. The van der Waals surface area contributed by atoms with E-state index in [0.717, 1.165) is 43.5 Å². The average Bonchev–Trinajstić information content (AvgIpc) is 3.33. The SMILES string of the molecule is Cl.NCC1(c2cccc(Cl)c2)CCC(NC(=O)C2CC2)CC1. The van der Waals surface area contributed by atoms with Crippen molar-refractivity contribution in [2.75, 3.05) is 6.54 Å². The third-order valence-electron chi connectivity index (χ3n) is 5.06. The van der Waals surface area contributed by atoms with Crippen LogP contribution in [0.2, 0.25) is 5.02 Å². The molecule has 2 fully saturated rings. The van der Waals surface area contributed by atoms with Gasteiger partial charge in [-0.25, -0.2) is 0 Å². The summed E-state index contributed by atoms with van der Waals surface area (Å²) in [6.07, 6.45) is 6.16. The first-order valence-electron chi connectivity index (χ1n) is 7.89. The van der Waals surface area contributed by atoms with Crippen LogP contribution in [0.4, 0.5) is 0 Å². The molecule has 3 nitrogen and oxygen atoms in total. The van der Waals surface area contributed by atoms with Crippen molar-refractivity contribution in [3.8, 4) is 0 Å². The summed E-state index contributed by atoms with van der Waals surface area (Å²) >= 11 is 6.12. The molecule has 0 saturated heterocycles. The molecule has 1 aromatic rings. The van der Waals surface area contributed by atoms with Crippen molar-refractivity contribution in [2.24, 2.45) is 11.7 Å². The number of nitrogens with one attached hydrogen (secondary N) is 1. The van der Waals surface area contributed by atoms with Gasteiger partial charge in [-0.05, 0) is 56.2 Å². The molecule has 3 rings (SSSR count). The van der Waals surface area contributed by atoms with Crippen molar-refractivity contribution in [3.05, 3.63) is 34.9 Å². The Bertz CT molecular complexity index is 523. The summed E-state index contributed by atoms with van der Waals surface area (Å²) in [7, 11) is 0. The van der Waals surface area contributed by atoms with Gasteiger partial charge in [0.15, 0.2) is 0 Å². The summed E-state index contributed by atoms with van der Waals surface area (Å²) in [4.78, 5) is 11.9. The first kappa shape index (κ1) is 17.6. The monoisotopic (exact) mass is 342 g/mol. The van der Waals surface area contributed by atoms with E-state index in [9.17, 15) is 4.79 Å². The summed E-state index contributed by atoms with van der Waals surface area (Å²) in [5, 5.41) is 3.97. The van der Waals surface area contributed by atoms with Gasteiger partial charge in [0.2, 0.25) is 5.91 Å². The predicted molar refractivity (Wildman–Crippen MR) is 92.6 cm³/mol. The second-order valence-electron chi connectivity index (χ2n) is 6.55. The van der Waals surface area contributed by atoms with Gasteiger partial charge >= 0.3 is 0 Å². The van der Waals surface area contributed by atoms with Crippen LogP contribution in [0, 0.1) is 5.92 Å². The molecule has 2 saturated carbocycles. The fourth-order valence-corrected chi connectivity index (χ4v) is 3.60. The Morgan fingerprint density at radius 3 is 2.50 bits per heavy atom. The van der Waals surface area contributed by atoms with Crippen molar-refractivity contribution in [3.63, 3.8) is 0 Å². The maximum Gasteiger partial charge on any atom is 0.223 e. The van der Waals surface area contributed by atoms with Crippen LogP contribution < -0.4 is 11.1 Å². The van der Waals surface area contributed by atoms with Crippen LogP contribution in [-0.4, -0.2) is 18.5 Å². The first-order valence-corrected chi connectivity index (χ1v) is 8.27. The Balaban J connectivity index is 0.00000176. The lowest BCUT2D eigenvalue weighted by molar-refractivity contribution is -0.123. The van der Waals surface area contributed by atoms with Crippen molar-refractivity contribution in [1.29, 1.82) is 0 Å². The average molecular weight is 343 g/mol. The van der Waals surface area contributed by atoms with Crippen LogP contribution in [0.3, 0.4) is 0 Å². The highest BCUT2D eigenvalue weighted by molar-refractivity contribution is 6.30. The molecule has 0 aliphatic heterocycles. The zero-order valence-corrected chi connectivity index (χ0v) is 14.3. The predicted octanol–water partition coefficient (Wildman–Crippen LogP) is 3.43. The highest BCUT2D eigenvalue weighted by Crippen LogP contribution is 2.40. The molecule has 0 unspecified atom stereocenters. The summed E-state index contributed by atoms with van der Waals surface area (Å²) in [5.41, 5.74) is 7.35. The summed E-state index contributed by atoms with van der Waals surface area (Å²) in [6.45, 7) is 0.636. The van der Waals surface area contributed by atoms with Gasteiger partial charge in [-0.1, -0.05) is 23.7 Å². The van der Waals surface area contributed by atoms with Gasteiger partial charge in [0, 0.05) is 28.9 Å². The maximum absolute atomic E-state index is 11.9. The number of rotatable bonds is 4. The van der Waals surface area contributed by atoms with E-state index in [-0.39, 0.29) is 23.7 Å². The number of carbonyl (C=O) groups is 1. The number of nitrogens with two attached hydrogens (primary N) is 1. The Hall–Kier alpha value is -0.770. The van der Waals surface area contributed by atoms with Crippen LogP contribution in [0.15, 0.2) is 24.3 Å². The molecule has 122 valence electrons. The van der Waals surface area contributed by atoms with Gasteiger partial charge in [0.05, 0.1) is 0 Å². The van der Waals surface area contributed by atoms with E-state index in [4.69, 9.17) is 17.3 Å².